The van der Waals surface area contributed by atoms with Crippen molar-refractivity contribution in [2.75, 3.05) is 19.6 Å². The minimum absolute atomic E-state index is 0.293. The first-order valence-electron chi connectivity index (χ1n) is 7.08. The minimum Gasteiger partial charge on any atom is -0.478 e. The van der Waals surface area contributed by atoms with Crippen molar-refractivity contribution >= 4 is 17.0 Å². The van der Waals surface area contributed by atoms with E-state index in [0.717, 1.165) is 29.9 Å². The summed E-state index contributed by atoms with van der Waals surface area (Å²) in [6.07, 6.45) is 2.59. The third kappa shape index (κ3) is 2.41. The van der Waals surface area contributed by atoms with Gasteiger partial charge in [-0.05, 0) is 51.1 Å². The molecule has 0 bridgehead atoms. The molecule has 0 aliphatic carbocycles. The Morgan fingerprint density at radius 1 is 1.30 bits per heavy atom. The molecule has 1 aliphatic heterocycles. The van der Waals surface area contributed by atoms with Gasteiger partial charge in [-0.3, -0.25) is 0 Å². The van der Waals surface area contributed by atoms with Crippen LogP contribution < -0.4 is 0 Å². The average molecular weight is 273 g/mol. The number of carbonyl (C=O) groups is 1. The van der Waals surface area contributed by atoms with Gasteiger partial charge >= 0.3 is 5.97 Å². The van der Waals surface area contributed by atoms with Crippen molar-refractivity contribution in [1.82, 2.24) is 14.5 Å². The van der Waals surface area contributed by atoms with Crippen molar-refractivity contribution in [3.63, 3.8) is 0 Å². The summed E-state index contributed by atoms with van der Waals surface area (Å²) < 4.78 is 2.18. The molecule has 1 aromatic carbocycles. The number of carboxylic acid groups (broad SMARTS) is 1. The van der Waals surface area contributed by atoms with Gasteiger partial charge in [0.1, 0.15) is 5.82 Å². The number of likely N-dealkylation sites (tertiary alicyclic amines) is 1. The number of carboxylic acids is 1. The molecule has 0 spiro atoms. The van der Waals surface area contributed by atoms with Crippen molar-refractivity contribution in [1.29, 1.82) is 0 Å². The second kappa shape index (κ2) is 5.25. The van der Waals surface area contributed by atoms with Gasteiger partial charge in [0.2, 0.25) is 0 Å². The molecule has 2 heterocycles. The number of hydrogen-bond acceptors (Lipinski definition) is 3. The minimum atomic E-state index is -0.906. The van der Waals surface area contributed by atoms with Gasteiger partial charge < -0.3 is 14.6 Å². The van der Waals surface area contributed by atoms with Crippen molar-refractivity contribution in [3.05, 3.63) is 29.6 Å². The van der Waals surface area contributed by atoms with Crippen LogP contribution in [0, 0.1) is 6.92 Å². The second-order valence-electron chi connectivity index (χ2n) is 5.37. The van der Waals surface area contributed by atoms with Gasteiger partial charge in [-0.2, -0.15) is 0 Å². The zero-order chi connectivity index (χ0) is 14.1. The normalized spacial score (nSPS) is 16.1. The summed E-state index contributed by atoms with van der Waals surface area (Å²) in [5, 5.41) is 9.03. The molecule has 1 N–H and O–H groups in total. The first kappa shape index (κ1) is 13.1. The molecule has 1 fully saturated rings. The highest BCUT2D eigenvalue weighted by molar-refractivity contribution is 5.92. The molecule has 0 amide bonds. The molecule has 0 atom stereocenters. The van der Waals surface area contributed by atoms with Crippen LogP contribution in [0.25, 0.3) is 11.0 Å². The van der Waals surface area contributed by atoms with Crippen LogP contribution in [0.5, 0.6) is 0 Å². The first-order chi connectivity index (χ1) is 9.65. The SMILES string of the molecule is Cc1nc2cc(C(=O)O)ccc2n1CCN1CCCC1. The van der Waals surface area contributed by atoms with E-state index in [4.69, 9.17) is 5.11 Å². The van der Waals surface area contributed by atoms with Crippen molar-refractivity contribution in [3.8, 4) is 0 Å². The van der Waals surface area contributed by atoms with Crippen LogP contribution in [-0.2, 0) is 6.54 Å². The lowest BCUT2D eigenvalue weighted by Gasteiger charge is -2.15. The molecule has 20 heavy (non-hydrogen) atoms. The molecule has 1 aliphatic rings. The summed E-state index contributed by atoms with van der Waals surface area (Å²) >= 11 is 0. The van der Waals surface area contributed by atoms with Crippen LogP contribution in [0.15, 0.2) is 18.2 Å². The number of aryl methyl sites for hydroxylation is 1. The van der Waals surface area contributed by atoms with E-state index in [9.17, 15) is 4.79 Å². The number of hydrogen-bond donors (Lipinski definition) is 1. The largest absolute Gasteiger partial charge is 0.478 e. The summed E-state index contributed by atoms with van der Waals surface area (Å²) in [5.74, 6) is 0.0397. The number of aromatic carboxylic acids is 1. The molecular weight excluding hydrogens is 254 g/mol. The standard InChI is InChI=1S/C15H19N3O2/c1-11-16-13-10-12(15(19)20)4-5-14(13)18(11)9-8-17-6-2-3-7-17/h4-5,10H,2-3,6-9H2,1H3,(H,19,20). The molecule has 3 rings (SSSR count). The molecule has 106 valence electrons. The molecule has 5 nitrogen and oxygen atoms in total. The van der Waals surface area contributed by atoms with Crippen LogP contribution in [0.1, 0.15) is 29.0 Å². The van der Waals surface area contributed by atoms with Crippen LogP contribution in [0.4, 0.5) is 0 Å². The fraction of sp³-hybridized carbons (Fsp3) is 0.467. The molecule has 2 aromatic rings. The smallest absolute Gasteiger partial charge is 0.335 e. The second-order valence-corrected chi connectivity index (χ2v) is 5.37. The zero-order valence-electron chi connectivity index (χ0n) is 11.7. The highest BCUT2D eigenvalue weighted by Crippen LogP contribution is 2.18. The third-order valence-electron chi connectivity index (χ3n) is 4.02. The lowest BCUT2D eigenvalue weighted by atomic mass is 10.2. The molecule has 0 unspecified atom stereocenters. The summed E-state index contributed by atoms with van der Waals surface area (Å²) in [5.41, 5.74) is 2.08. The molecular formula is C15H19N3O2. The van der Waals surface area contributed by atoms with E-state index in [2.05, 4.69) is 14.5 Å². The molecule has 1 aromatic heterocycles. The van der Waals surface area contributed by atoms with E-state index in [0.29, 0.717) is 5.56 Å². The van der Waals surface area contributed by atoms with Gasteiger partial charge in [0, 0.05) is 13.1 Å². The van der Waals surface area contributed by atoms with Crippen molar-refractivity contribution in [2.45, 2.75) is 26.3 Å². The first-order valence-corrected chi connectivity index (χ1v) is 7.08. The Morgan fingerprint density at radius 3 is 2.75 bits per heavy atom. The Kier molecular flexibility index (Phi) is 3.44. The van der Waals surface area contributed by atoms with E-state index in [1.54, 1.807) is 12.1 Å². The molecule has 0 radical (unpaired) electrons. The topological polar surface area (TPSA) is 58.4 Å². The lowest BCUT2D eigenvalue weighted by Crippen LogP contribution is -2.24. The zero-order valence-corrected chi connectivity index (χ0v) is 11.7. The third-order valence-corrected chi connectivity index (χ3v) is 4.02. The number of benzene rings is 1. The maximum Gasteiger partial charge on any atom is 0.335 e. The van der Waals surface area contributed by atoms with Crippen LogP contribution >= 0.6 is 0 Å². The Labute approximate surface area is 117 Å². The number of rotatable bonds is 4. The molecule has 1 saturated heterocycles. The Bertz CT molecular complexity index is 642. The highest BCUT2D eigenvalue weighted by atomic mass is 16.4. The predicted molar refractivity (Wildman–Crippen MR) is 77.1 cm³/mol. The van der Waals surface area contributed by atoms with Crippen LogP contribution in [0.3, 0.4) is 0 Å². The fourth-order valence-corrected chi connectivity index (χ4v) is 2.91. The predicted octanol–water partition coefficient (Wildman–Crippen LogP) is 2.14. The monoisotopic (exact) mass is 273 g/mol. The lowest BCUT2D eigenvalue weighted by molar-refractivity contribution is 0.0697. The number of fused-ring (bicyclic) bond motifs is 1. The van der Waals surface area contributed by atoms with E-state index in [-0.39, 0.29) is 0 Å². The van der Waals surface area contributed by atoms with Gasteiger partial charge in [-0.1, -0.05) is 0 Å². The summed E-state index contributed by atoms with van der Waals surface area (Å²) in [6.45, 7) is 6.30. The van der Waals surface area contributed by atoms with Gasteiger partial charge in [0.25, 0.3) is 0 Å². The van der Waals surface area contributed by atoms with Gasteiger partial charge in [-0.15, -0.1) is 0 Å². The molecule has 5 heteroatoms. The van der Waals surface area contributed by atoms with Gasteiger partial charge in [0.05, 0.1) is 16.6 Å². The van der Waals surface area contributed by atoms with E-state index < -0.39 is 5.97 Å². The van der Waals surface area contributed by atoms with Crippen molar-refractivity contribution in [2.24, 2.45) is 0 Å². The highest BCUT2D eigenvalue weighted by Gasteiger charge is 2.14. The van der Waals surface area contributed by atoms with Gasteiger partial charge in [0.15, 0.2) is 0 Å². The van der Waals surface area contributed by atoms with E-state index in [1.807, 2.05) is 13.0 Å². The maximum absolute atomic E-state index is 11.0. The Hall–Kier alpha value is -1.88. The Morgan fingerprint density at radius 2 is 2.05 bits per heavy atom. The summed E-state index contributed by atoms with van der Waals surface area (Å²) in [7, 11) is 0. The molecule has 0 saturated carbocycles. The fourth-order valence-electron chi connectivity index (χ4n) is 2.91. The number of imidazole rings is 1. The quantitative estimate of drug-likeness (QED) is 0.927. The van der Waals surface area contributed by atoms with Crippen LogP contribution in [0.2, 0.25) is 0 Å². The van der Waals surface area contributed by atoms with E-state index in [1.165, 1.54) is 25.9 Å². The Balaban J connectivity index is 1.86. The summed E-state index contributed by atoms with van der Waals surface area (Å²) in [4.78, 5) is 17.9. The van der Waals surface area contributed by atoms with Crippen molar-refractivity contribution < 1.29 is 9.90 Å². The maximum atomic E-state index is 11.0. The number of nitrogens with zero attached hydrogens (tertiary/aromatic N) is 3. The van der Waals surface area contributed by atoms with Gasteiger partial charge in [-0.25, -0.2) is 9.78 Å². The summed E-state index contributed by atoms with van der Waals surface area (Å²) in [6, 6.07) is 5.16. The van der Waals surface area contributed by atoms with Crippen LogP contribution in [-0.4, -0.2) is 45.2 Å². The number of aromatic nitrogens is 2. The van der Waals surface area contributed by atoms with E-state index >= 15 is 0 Å². The average Bonchev–Trinajstić information content (AvgIpc) is 3.02.